The van der Waals surface area contributed by atoms with E-state index in [0.717, 1.165) is 25.3 Å². The van der Waals surface area contributed by atoms with Crippen LogP contribution < -0.4 is 5.32 Å². The molecule has 0 heterocycles. The van der Waals surface area contributed by atoms with E-state index in [2.05, 4.69) is 5.32 Å². The SMILES string of the molecule is CC1(NC(=O)c2cc(/C=C/C(=O)O)ccc2F)CCC1. The second-order valence-corrected chi connectivity index (χ2v) is 5.28. The van der Waals surface area contributed by atoms with Crippen LogP contribution in [0.25, 0.3) is 6.08 Å². The summed E-state index contributed by atoms with van der Waals surface area (Å²) in [6, 6.07) is 3.95. The van der Waals surface area contributed by atoms with Crippen molar-refractivity contribution < 1.29 is 19.1 Å². The first-order valence-electron chi connectivity index (χ1n) is 6.43. The number of carboxylic acid groups (broad SMARTS) is 1. The van der Waals surface area contributed by atoms with Crippen molar-refractivity contribution in [3.8, 4) is 0 Å². The first-order chi connectivity index (χ1) is 9.39. The molecule has 0 bridgehead atoms. The smallest absolute Gasteiger partial charge is 0.328 e. The van der Waals surface area contributed by atoms with E-state index in [1.54, 1.807) is 0 Å². The Morgan fingerprint density at radius 2 is 2.10 bits per heavy atom. The zero-order valence-electron chi connectivity index (χ0n) is 11.1. The van der Waals surface area contributed by atoms with E-state index in [0.29, 0.717) is 5.56 Å². The van der Waals surface area contributed by atoms with Gasteiger partial charge in [0, 0.05) is 11.6 Å². The molecule has 4 nitrogen and oxygen atoms in total. The number of carbonyl (C=O) groups excluding carboxylic acids is 1. The molecule has 0 aromatic heterocycles. The van der Waals surface area contributed by atoms with Gasteiger partial charge in [-0.05, 0) is 50.0 Å². The van der Waals surface area contributed by atoms with E-state index in [9.17, 15) is 14.0 Å². The van der Waals surface area contributed by atoms with Crippen LogP contribution in [-0.4, -0.2) is 22.5 Å². The molecule has 2 N–H and O–H groups in total. The third-order valence-corrected chi connectivity index (χ3v) is 3.53. The van der Waals surface area contributed by atoms with E-state index >= 15 is 0 Å². The van der Waals surface area contributed by atoms with Crippen LogP contribution in [0.1, 0.15) is 42.1 Å². The summed E-state index contributed by atoms with van der Waals surface area (Å²) in [5.74, 6) is -2.17. The molecule has 2 rings (SSSR count). The van der Waals surface area contributed by atoms with Gasteiger partial charge in [0.2, 0.25) is 0 Å². The minimum Gasteiger partial charge on any atom is -0.478 e. The third kappa shape index (κ3) is 3.23. The number of benzene rings is 1. The molecule has 106 valence electrons. The summed E-state index contributed by atoms with van der Waals surface area (Å²) >= 11 is 0. The molecule has 0 atom stereocenters. The molecule has 1 aromatic rings. The highest BCUT2D eigenvalue weighted by atomic mass is 19.1. The third-order valence-electron chi connectivity index (χ3n) is 3.53. The van der Waals surface area contributed by atoms with Crippen molar-refractivity contribution in [2.75, 3.05) is 0 Å². The lowest BCUT2D eigenvalue weighted by Crippen LogP contribution is -2.51. The fraction of sp³-hybridized carbons (Fsp3) is 0.333. The van der Waals surface area contributed by atoms with E-state index < -0.39 is 17.7 Å². The molecule has 1 aromatic carbocycles. The topological polar surface area (TPSA) is 66.4 Å². The van der Waals surface area contributed by atoms with Gasteiger partial charge in [0.15, 0.2) is 0 Å². The number of hydrogen-bond acceptors (Lipinski definition) is 2. The fourth-order valence-electron chi connectivity index (χ4n) is 2.16. The molecule has 0 saturated heterocycles. The molecule has 1 amide bonds. The van der Waals surface area contributed by atoms with Crippen LogP contribution in [0.15, 0.2) is 24.3 Å². The summed E-state index contributed by atoms with van der Waals surface area (Å²) in [6.45, 7) is 1.93. The zero-order chi connectivity index (χ0) is 14.8. The Morgan fingerprint density at radius 1 is 1.40 bits per heavy atom. The molecule has 0 radical (unpaired) electrons. The van der Waals surface area contributed by atoms with Crippen molar-refractivity contribution in [2.24, 2.45) is 0 Å². The van der Waals surface area contributed by atoms with Crippen molar-refractivity contribution in [3.63, 3.8) is 0 Å². The molecule has 0 aliphatic heterocycles. The first-order valence-corrected chi connectivity index (χ1v) is 6.43. The van der Waals surface area contributed by atoms with Crippen LogP contribution in [0.5, 0.6) is 0 Å². The van der Waals surface area contributed by atoms with Gasteiger partial charge >= 0.3 is 5.97 Å². The van der Waals surface area contributed by atoms with Gasteiger partial charge in [0.1, 0.15) is 5.82 Å². The number of carboxylic acids is 1. The van der Waals surface area contributed by atoms with E-state index in [1.807, 2.05) is 6.92 Å². The highest BCUT2D eigenvalue weighted by molar-refractivity contribution is 5.96. The number of aliphatic carboxylic acids is 1. The molecular formula is C15H16FNO3. The van der Waals surface area contributed by atoms with Gasteiger partial charge in [-0.15, -0.1) is 0 Å². The summed E-state index contributed by atoms with van der Waals surface area (Å²) in [7, 11) is 0. The number of amides is 1. The van der Waals surface area contributed by atoms with Crippen LogP contribution in [0.3, 0.4) is 0 Å². The average molecular weight is 277 g/mol. The summed E-state index contributed by atoms with van der Waals surface area (Å²) in [5, 5.41) is 11.4. The molecule has 1 aliphatic rings. The Morgan fingerprint density at radius 3 is 2.65 bits per heavy atom. The van der Waals surface area contributed by atoms with E-state index in [4.69, 9.17) is 5.11 Å². The molecule has 20 heavy (non-hydrogen) atoms. The van der Waals surface area contributed by atoms with Crippen LogP contribution in [0.2, 0.25) is 0 Å². The second-order valence-electron chi connectivity index (χ2n) is 5.28. The minimum absolute atomic E-state index is 0.0642. The number of nitrogens with one attached hydrogen (secondary N) is 1. The van der Waals surface area contributed by atoms with Crippen molar-refractivity contribution in [1.29, 1.82) is 0 Å². The zero-order valence-corrected chi connectivity index (χ0v) is 11.1. The lowest BCUT2D eigenvalue weighted by Gasteiger charge is -2.39. The Balaban J connectivity index is 2.19. The van der Waals surface area contributed by atoms with Gasteiger partial charge in [-0.2, -0.15) is 0 Å². The van der Waals surface area contributed by atoms with Crippen LogP contribution in [-0.2, 0) is 4.79 Å². The Labute approximate surface area is 116 Å². The monoisotopic (exact) mass is 277 g/mol. The maximum absolute atomic E-state index is 13.7. The molecule has 0 unspecified atom stereocenters. The fourth-order valence-corrected chi connectivity index (χ4v) is 2.16. The molecular weight excluding hydrogens is 261 g/mol. The van der Waals surface area contributed by atoms with Gasteiger partial charge in [0.05, 0.1) is 5.56 Å². The predicted octanol–water partition coefficient (Wildman–Crippen LogP) is 2.60. The van der Waals surface area contributed by atoms with Crippen LogP contribution in [0, 0.1) is 5.82 Å². The quantitative estimate of drug-likeness (QED) is 0.831. The number of hydrogen-bond donors (Lipinski definition) is 2. The van der Waals surface area contributed by atoms with Gasteiger partial charge in [-0.3, -0.25) is 4.79 Å². The maximum Gasteiger partial charge on any atom is 0.328 e. The van der Waals surface area contributed by atoms with E-state index in [-0.39, 0.29) is 11.1 Å². The summed E-state index contributed by atoms with van der Waals surface area (Å²) in [4.78, 5) is 22.5. The Bertz CT molecular complexity index is 576. The van der Waals surface area contributed by atoms with Crippen molar-refractivity contribution in [2.45, 2.75) is 31.7 Å². The number of halogens is 1. The Hall–Kier alpha value is -2.17. The second kappa shape index (κ2) is 5.45. The average Bonchev–Trinajstić information content (AvgIpc) is 2.35. The van der Waals surface area contributed by atoms with Crippen molar-refractivity contribution in [3.05, 3.63) is 41.2 Å². The Kier molecular flexibility index (Phi) is 3.88. The number of rotatable bonds is 4. The van der Waals surface area contributed by atoms with E-state index in [1.165, 1.54) is 24.3 Å². The highest BCUT2D eigenvalue weighted by Crippen LogP contribution is 2.31. The van der Waals surface area contributed by atoms with Crippen LogP contribution >= 0.6 is 0 Å². The van der Waals surface area contributed by atoms with Crippen LogP contribution in [0.4, 0.5) is 4.39 Å². The maximum atomic E-state index is 13.7. The molecule has 1 saturated carbocycles. The minimum atomic E-state index is -1.10. The van der Waals surface area contributed by atoms with Gasteiger partial charge < -0.3 is 10.4 Å². The lowest BCUT2D eigenvalue weighted by atomic mass is 9.78. The van der Waals surface area contributed by atoms with Gasteiger partial charge in [-0.25, -0.2) is 9.18 Å². The van der Waals surface area contributed by atoms with Gasteiger partial charge in [-0.1, -0.05) is 6.07 Å². The molecule has 1 aliphatic carbocycles. The molecule has 5 heteroatoms. The summed E-state index contributed by atoms with van der Waals surface area (Å²) in [6.07, 6.45) is 5.10. The van der Waals surface area contributed by atoms with Crippen molar-refractivity contribution in [1.82, 2.24) is 5.32 Å². The normalized spacial score (nSPS) is 16.7. The summed E-state index contributed by atoms with van der Waals surface area (Å²) in [5.41, 5.74) is 0.152. The largest absolute Gasteiger partial charge is 0.478 e. The molecule has 0 spiro atoms. The van der Waals surface area contributed by atoms with Crippen molar-refractivity contribution >= 4 is 18.0 Å². The predicted molar refractivity (Wildman–Crippen MR) is 72.8 cm³/mol. The summed E-state index contributed by atoms with van der Waals surface area (Å²) < 4.78 is 13.7. The van der Waals surface area contributed by atoms with Gasteiger partial charge in [0.25, 0.3) is 5.91 Å². The molecule has 1 fully saturated rings. The lowest BCUT2D eigenvalue weighted by molar-refractivity contribution is -0.131. The standard InChI is InChI=1S/C15H16FNO3/c1-15(7-2-8-15)17-14(20)11-9-10(3-5-12(11)16)4-6-13(18)19/h3-6,9H,2,7-8H2,1H3,(H,17,20)(H,18,19)/b6-4+. The number of carbonyl (C=O) groups is 2. The highest BCUT2D eigenvalue weighted by Gasteiger charge is 2.33. The first kappa shape index (κ1) is 14.2.